The summed E-state index contributed by atoms with van der Waals surface area (Å²) in [6, 6.07) is 2.21. The molecule has 3 heteroatoms. The highest BCUT2D eigenvalue weighted by atomic mass is 16.3. The van der Waals surface area contributed by atoms with Crippen LogP contribution in [0.25, 0.3) is 0 Å². The standard InChI is InChI=1S/C17H30N2O/c1-14(2)10-18-11-16-9-17(20-13-16)12-19-7-4-5-15(3)6-8-19/h9,13-15,18H,4-8,10-12H2,1-3H3. The molecule has 20 heavy (non-hydrogen) atoms. The Balaban J connectivity index is 1.77. The molecule has 1 aliphatic rings. The molecule has 0 aliphatic carbocycles. The van der Waals surface area contributed by atoms with Crippen molar-refractivity contribution in [3.8, 4) is 0 Å². The summed E-state index contributed by atoms with van der Waals surface area (Å²) in [5, 5.41) is 3.46. The summed E-state index contributed by atoms with van der Waals surface area (Å²) in [6.07, 6.45) is 5.93. The third kappa shape index (κ3) is 5.29. The fraction of sp³-hybridized carbons (Fsp3) is 0.765. The first-order valence-corrected chi connectivity index (χ1v) is 8.13. The molecule has 1 aliphatic heterocycles. The predicted molar refractivity (Wildman–Crippen MR) is 83.5 cm³/mol. The summed E-state index contributed by atoms with van der Waals surface area (Å²) in [5.74, 6) is 2.69. The maximum atomic E-state index is 5.71. The molecule has 1 saturated heterocycles. The van der Waals surface area contributed by atoms with Gasteiger partial charge in [0.2, 0.25) is 0 Å². The fourth-order valence-electron chi connectivity index (χ4n) is 2.81. The van der Waals surface area contributed by atoms with Gasteiger partial charge in [0.05, 0.1) is 12.8 Å². The lowest BCUT2D eigenvalue weighted by atomic mass is 10.0. The Morgan fingerprint density at radius 2 is 2.20 bits per heavy atom. The third-order valence-electron chi connectivity index (χ3n) is 4.08. The van der Waals surface area contributed by atoms with E-state index in [4.69, 9.17) is 4.42 Å². The molecule has 0 bridgehead atoms. The second kappa shape index (κ2) is 7.84. The number of furan rings is 1. The van der Waals surface area contributed by atoms with Crippen LogP contribution in [0.5, 0.6) is 0 Å². The molecule has 3 nitrogen and oxygen atoms in total. The van der Waals surface area contributed by atoms with Crippen LogP contribution in [0.2, 0.25) is 0 Å². The molecular weight excluding hydrogens is 248 g/mol. The Labute approximate surface area is 123 Å². The molecule has 1 fully saturated rings. The van der Waals surface area contributed by atoms with Gasteiger partial charge in [-0.1, -0.05) is 20.8 Å². The van der Waals surface area contributed by atoms with Gasteiger partial charge in [0.15, 0.2) is 0 Å². The summed E-state index contributed by atoms with van der Waals surface area (Å²) in [5.41, 5.74) is 1.27. The van der Waals surface area contributed by atoms with Crippen LogP contribution in [-0.4, -0.2) is 24.5 Å². The number of rotatable bonds is 6. The molecule has 1 atom stereocenters. The number of nitrogens with zero attached hydrogens (tertiary/aromatic N) is 1. The van der Waals surface area contributed by atoms with E-state index in [1.165, 1.54) is 37.9 Å². The van der Waals surface area contributed by atoms with Crippen LogP contribution >= 0.6 is 0 Å². The zero-order valence-electron chi connectivity index (χ0n) is 13.3. The summed E-state index contributed by atoms with van der Waals surface area (Å²) in [7, 11) is 0. The van der Waals surface area contributed by atoms with Gasteiger partial charge in [-0.25, -0.2) is 0 Å². The lowest BCUT2D eigenvalue weighted by molar-refractivity contribution is 0.250. The minimum Gasteiger partial charge on any atom is -0.468 e. The summed E-state index contributed by atoms with van der Waals surface area (Å²) in [6.45, 7) is 12.2. The van der Waals surface area contributed by atoms with Gasteiger partial charge in [-0.2, -0.15) is 0 Å². The van der Waals surface area contributed by atoms with Crippen LogP contribution in [0.4, 0.5) is 0 Å². The highest BCUT2D eigenvalue weighted by Gasteiger charge is 2.15. The minimum atomic E-state index is 0.695. The van der Waals surface area contributed by atoms with Gasteiger partial charge in [0.25, 0.3) is 0 Å². The molecule has 114 valence electrons. The van der Waals surface area contributed by atoms with E-state index in [-0.39, 0.29) is 0 Å². The van der Waals surface area contributed by atoms with Gasteiger partial charge in [-0.3, -0.25) is 4.90 Å². The summed E-state index contributed by atoms with van der Waals surface area (Å²) >= 11 is 0. The number of likely N-dealkylation sites (tertiary alicyclic amines) is 1. The Hall–Kier alpha value is -0.800. The third-order valence-corrected chi connectivity index (χ3v) is 4.08. The molecule has 0 saturated carbocycles. The smallest absolute Gasteiger partial charge is 0.118 e. The predicted octanol–water partition coefficient (Wildman–Crippen LogP) is 3.65. The van der Waals surface area contributed by atoms with E-state index in [9.17, 15) is 0 Å². The molecule has 2 rings (SSSR count). The maximum absolute atomic E-state index is 5.71. The maximum Gasteiger partial charge on any atom is 0.118 e. The summed E-state index contributed by atoms with van der Waals surface area (Å²) in [4.78, 5) is 2.54. The van der Waals surface area contributed by atoms with E-state index in [2.05, 4.69) is 37.1 Å². The van der Waals surface area contributed by atoms with Crippen molar-refractivity contribution < 1.29 is 4.42 Å². The zero-order valence-corrected chi connectivity index (χ0v) is 13.3. The van der Waals surface area contributed by atoms with Crippen molar-refractivity contribution in [3.63, 3.8) is 0 Å². The van der Waals surface area contributed by atoms with Crippen LogP contribution in [0.1, 0.15) is 51.4 Å². The van der Waals surface area contributed by atoms with E-state index in [0.717, 1.165) is 31.3 Å². The first-order valence-electron chi connectivity index (χ1n) is 8.13. The first kappa shape index (κ1) is 15.6. The van der Waals surface area contributed by atoms with Crippen molar-refractivity contribution in [2.75, 3.05) is 19.6 Å². The molecule has 1 aromatic heterocycles. The van der Waals surface area contributed by atoms with E-state index >= 15 is 0 Å². The lowest BCUT2D eigenvalue weighted by Crippen LogP contribution is -2.24. The normalized spacial score (nSPS) is 21.3. The van der Waals surface area contributed by atoms with E-state index in [1.807, 2.05) is 6.26 Å². The number of nitrogens with one attached hydrogen (secondary N) is 1. The molecule has 1 aromatic rings. The van der Waals surface area contributed by atoms with Gasteiger partial charge in [-0.15, -0.1) is 0 Å². The SMILES string of the molecule is CC(C)CNCc1coc(CN2CCCC(C)CC2)c1. The molecule has 0 radical (unpaired) electrons. The fourth-order valence-corrected chi connectivity index (χ4v) is 2.81. The number of hydrogen-bond acceptors (Lipinski definition) is 3. The highest BCUT2D eigenvalue weighted by molar-refractivity contribution is 5.12. The Bertz CT molecular complexity index is 386. The van der Waals surface area contributed by atoms with Crippen molar-refractivity contribution in [2.45, 2.75) is 53.1 Å². The Morgan fingerprint density at radius 3 is 3.00 bits per heavy atom. The van der Waals surface area contributed by atoms with E-state index < -0.39 is 0 Å². The van der Waals surface area contributed by atoms with Crippen LogP contribution in [-0.2, 0) is 13.1 Å². The second-order valence-corrected chi connectivity index (χ2v) is 6.76. The van der Waals surface area contributed by atoms with Crippen LogP contribution in [0.15, 0.2) is 16.7 Å². The average molecular weight is 278 g/mol. The van der Waals surface area contributed by atoms with Crippen molar-refractivity contribution in [3.05, 3.63) is 23.7 Å². The van der Waals surface area contributed by atoms with E-state index in [1.54, 1.807) is 0 Å². The Morgan fingerprint density at radius 1 is 1.35 bits per heavy atom. The number of hydrogen-bond donors (Lipinski definition) is 1. The van der Waals surface area contributed by atoms with Gasteiger partial charge in [-0.05, 0) is 56.8 Å². The van der Waals surface area contributed by atoms with Crippen LogP contribution < -0.4 is 5.32 Å². The van der Waals surface area contributed by atoms with E-state index in [0.29, 0.717) is 5.92 Å². The molecule has 0 aromatic carbocycles. The quantitative estimate of drug-likeness (QED) is 0.861. The van der Waals surface area contributed by atoms with Gasteiger partial charge >= 0.3 is 0 Å². The van der Waals surface area contributed by atoms with Crippen molar-refractivity contribution in [2.24, 2.45) is 11.8 Å². The molecular formula is C17H30N2O. The topological polar surface area (TPSA) is 28.4 Å². The molecule has 1 N–H and O–H groups in total. The van der Waals surface area contributed by atoms with Gasteiger partial charge in [0.1, 0.15) is 5.76 Å². The molecule has 1 unspecified atom stereocenters. The first-order chi connectivity index (χ1) is 9.63. The molecule has 0 amide bonds. The van der Waals surface area contributed by atoms with Gasteiger partial charge < -0.3 is 9.73 Å². The van der Waals surface area contributed by atoms with Gasteiger partial charge in [0, 0.05) is 12.1 Å². The highest BCUT2D eigenvalue weighted by Crippen LogP contribution is 2.19. The second-order valence-electron chi connectivity index (χ2n) is 6.76. The van der Waals surface area contributed by atoms with Crippen molar-refractivity contribution >= 4 is 0 Å². The zero-order chi connectivity index (χ0) is 14.4. The largest absolute Gasteiger partial charge is 0.468 e. The van der Waals surface area contributed by atoms with Crippen molar-refractivity contribution in [1.29, 1.82) is 0 Å². The summed E-state index contributed by atoms with van der Waals surface area (Å²) < 4.78 is 5.71. The monoisotopic (exact) mass is 278 g/mol. The van der Waals surface area contributed by atoms with Crippen LogP contribution in [0.3, 0.4) is 0 Å². The lowest BCUT2D eigenvalue weighted by Gasteiger charge is -2.18. The molecule has 0 spiro atoms. The van der Waals surface area contributed by atoms with Crippen molar-refractivity contribution in [1.82, 2.24) is 10.2 Å². The average Bonchev–Trinajstić information content (AvgIpc) is 2.72. The minimum absolute atomic E-state index is 0.695. The Kier molecular flexibility index (Phi) is 6.11. The molecule has 2 heterocycles. The van der Waals surface area contributed by atoms with Crippen LogP contribution in [0, 0.1) is 11.8 Å².